The van der Waals surface area contributed by atoms with Crippen LogP contribution in [-0.4, -0.2) is 48.6 Å². The lowest BCUT2D eigenvalue weighted by Crippen LogP contribution is -2.49. The van der Waals surface area contributed by atoms with Gasteiger partial charge in [-0.25, -0.2) is 0 Å². The maximum atomic E-state index is 6.06. The van der Waals surface area contributed by atoms with E-state index in [4.69, 9.17) is 17.3 Å². The topological polar surface area (TPSA) is 32.5 Å². The Hall–Kier alpha value is -0.610. The Kier molecular flexibility index (Phi) is 4.32. The zero-order chi connectivity index (χ0) is 14.1. The molecule has 2 fully saturated rings. The van der Waals surface area contributed by atoms with Crippen LogP contribution < -0.4 is 5.73 Å². The van der Waals surface area contributed by atoms with Crippen LogP contribution in [0.5, 0.6) is 0 Å². The fraction of sp³-hybridized carbons (Fsp3) is 0.625. The third kappa shape index (κ3) is 3.01. The second kappa shape index (κ2) is 6.02. The van der Waals surface area contributed by atoms with E-state index >= 15 is 0 Å². The summed E-state index contributed by atoms with van der Waals surface area (Å²) in [4.78, 5) is 5.17. The van der Waals surface area contributed by atoms with Crippen molar-refractivity contribution in [2.45, 2.75) is 31.8 Å². The van der Waals surface area contributed by atoms with Gasteiger partial charge in [0.15, 0.2) is 0 Å². The van der Waals surface area contributed by atoms with Gasteiger partial charge < -0.3 is 5.73 Å². The molecule has 0 aromatic heterocycles. The minimum Gasteiger partial charge on any atom is -0.329 e. The largest absolute Gasteiger partial charge is 0.329 e. The third-order valence-corrected chi connectivity index (χ3v) is 4.90. The molecule has 0 bridgehead atoms. The Morgan fingerprint density at radius 1 is 1.25 bits per heavy atom. The summed E-state index contributed by atoms with van der Waals surface area (Å²) in [5, 5.41) is 0.806. The first-order valence-corrected chi connectivity index (χ1v) is 8.01. The van der Waals surface area contributed by atoms with E-state index in [1.807, 2.05) is 12.1 Å². The number of halogens is 1. The first kappa shape index (κ1) is 14.3. The maximum absolute atomic E-state index is 6.06. The predicted octanol–water partition coefficient (Wildman–Crippen LogP) is 2.43. The van der Waals surface area contributed by atoms with E-state index in [-0.39, 0.29) is 0 Å². The molecule has 20 heavy (non-hydrogen) atoms. The van der Waals surface area contributed by atoms with Crippen molar-refractivity contribution in [3.05, 3.63) is 34.3 Å². The van der Waals surface area contributed by atoms with Gasteiger partial charge >= 0.3 is 0 Å². The van der Waals surface area contributed by atoms with E-state index in [9.17, 15) is 0 Å². The van der Waals surface area contributed by atoms with Crippen molar-refractivity contribution >= 4 is 11.6 Å². The molecule has 1 saturated heterocycles. The molecule has 1 unspecified atom stereocenters. The molecule has 3 rings (SSSR count). The van der Waals surface area contributed by atoms with Gasteiger partial charge in [-0.05, 0) is 43.0 Å². The van der Waals surface area contributed by atoms with Gasteiger partial charge in [0.25, 0.3) is 0 Å². The highest BCUT2D eigenvalue weighted by Gasteiger charge is 2.33. The number of rotatable bonds is 4. The lowest BCUT2D eigenvalue weighted by Gasteiger charge is -2.39. The van der Waals surface area contributed by atoms with Crippen LogP contribution in [0.15, 0.2) is 18.2 Å². The average molecular weight is 294 g/mol. The maximum Gasteiger partial charge on any atom is 0.0474 e. The summed E-state index contributed by atoms with van der Waals surface area (Å²) in [5.74, 6) is 0. The Bertz CT molecular complexity index is 465. The van der Waals surface area contributed by atoms with Crippen LogP contribution in [0.25, 0.3) is 0 Å². The normalized spacial score (nSPS) is 22.9. The monoisotopic (exact) mass is 293 g/mol. The second-order valence-electron chi connectivity index (χ2n) is 6.06. The molecule has 0 radical (unpaired) electrons. The van der Waals surface area contributed by atoms with Crippen molar-refractivity contribution < 1.29 is 0 Å². The van der Waals surface area contributed by atoms with Crippen LogP contribution >= 0.6 is 11.6 Å². The van der Waals surface area contributed by atoms with Gasteiger partial charge in [-0.1, -0.05) is 17.7 Å². The van der Waals surface area contributed by atoms with Gasteiger partial charge in [-0.15, -0.1) is 0 Å². The summed E-state index contributed by atoms with van der Waals surface area (Å²) in [6.07, 6.45) is 2.80. The summed E-state index contributed by atoms with van der Waals surface area (Å²) < 4.78 is 0. The molecular formula is C16H24ClN3. The molecule has 0 amide bonds. The molecule has 1 saturated carbocycles. The number of hydrogen-bond acceptors (Lipinski definition) is 3. The number of benzene rings is 1. The van der Waals surface area contributed by atoms with Gasteiger partial charge in [0.1, 0.15) is 0 Å². The molecule has 1 aromatic carbocycles. The van der Waals surface area contributed by atoms with E-state index in [2.05, 4.69) is 22.8 Å². The zero-order valence-corrected chi connectivity index (χ0v) is 12.9. The van der Waals surface area contributed by atoms with E-state index in [0.29, 0.717) is 12.6 Å². The highest BCUT2D eigenvalue weighted by molar-refractivity contribution is 6.30. The molecule has 0 spiro atoms. The van der Waals surface area contributed by atoms with Gasteiger partial charge in [0.05, 0.1) is 0 Å². The summed E-state index contributed by atoms with van der Waals surface area (Å²) in [7, 11) is 0. The summed E-state index contributed by atoms with van der Waals surface area (Å²) >= 11 is 6.06. The number of nitrogens with two attached hydrogens (primary N) is 1. The van der Waals surface area contributed by atoms with Crippen LogP contribution in [0.1, 0.15) is 30.0 Å². The highest BCUT2D eigenvalue weighted by atomic mass is 35.5. The molecule has 1 aliphatic heterocycles. The zero-order valence-electron chi connectivity index (χ0n) is 12.2. The summed E-state index contributed by atoms with van der Waals surface area (Å²) in [5.41, 5.74) is 8.64. The van der Waals surface area contributed by atoms with Crippen molar-refractivity contribution in [2.75, 3.05) is 32.7 Å². The van der Waals surface area contributed by atoms with Gasteiger partial charge in [-0.2, -0.15) is 0 Å². The van der Waals surface area contributed by atoms with Crippen LogP contribution in [0, 0.1) is 6.92 Å². The lowest BCUT2D eigenvalue weighted by molar-refractivity contribution is 0.0936. The predicted molar refractivity (Wildman–Crippen MR) is 84.2 cm³/mol. The number of aryl methyl sites for hydroxylation is 1. The molecule has 1 aromatic rings. The van der Waals surface area contributed by atoms with Gasteiger partial charge in [0.2, 0.25) is 0 Å². The summed E-state index contributed by atoms with van der Waals surface area (Å²) in [6, 6.07) is 7.37. The molecule has 1 heterocycles. The van der Waals surface area contributed by atoms with E-state index < -0.39 is 0 Å². The minimum atomic E-state index is 0.327. The number of hydrogen-bond donors (Lipinski definition) is 1. The molecule has 2 aliphatic rings. The Labute approximate surface area is 126 Å². The van der Waals surface area contributed by atoms with Crippen LogP contribution in [0.3, 0.4) is 0 Å². The summed E-state index contributed by atoms with van der Waals surface area (Å²) in [6.45, 7) is 7.43. The molecule has 1 aliphatic carbocycles. The molecule has 3 nitrogen and oxygen atoms in total. The van der Waals surface area contributed by atoms with E-state index in [1.54, 1.807) is 0 Å². The Balaban J connectivity index is 1.69. The third-order valence-electron chi connectivity index (χ3n) is 4.67. The smallest absolute Gasteiger partial charge is 0.0474 e. The highest BCUT2D eigenvalue weighted by Crippen LogP contribution is 2.30. The fourth-order valence-electron chi connectivity index (χ4n) is 3.34. The standard InChI is InChI=1S/C16H24ClN3/c1-12-10-13(17)2-5-15(12)16(11-18)20-8-6-19(7-9-20)14-3-4-14/h2,5,10,14,16H,3-4,6-9,11,18H2,1H3. The fourth-order valence-corrected chi connectivity index (χ4v) is 3.57. The Morgan fingerprint density at radius 3 is 2.50 bits per heavy atom. The SMILES string of the molecule is Cc1cc(Cl)ccc1C(CN)N1CCN(C2CC2)CC1. The Morgan fingerprint density at radius 2 is 1.95 bits per heavy atom. The molecular weight excluding hydrogens is 270 g/mol. The minimum absolute atomic E-state index is 0.327. The van der Waals surface area contributed by atoms with Crippen molar-refractivity contribution in [3.8, 4) is 0 Å². The molecule has 2 N–H and O–H groups in total. The lowest BCUT2D eigenvalue weighted by atomic mass is 9.99. The molecule has 110 valence electrons. The van der Waals surface area contributed by atoms with Crippen molar-refractivity contribution in [2.24, 2.45) is 5.73 Å². The number of piperazine rings is 1. The average Bonchev–Trinajstić information content (AvgIpc) is 3.27. The van der Waals surface area contributed by atoms with E-state index in [1.165, 1.54) is 37.1 Å². The number of nitrogens with zero attached hydrogens (tertiary/aromatic N) is 2. The quantitative estimate of drug-likeness (QED) is 0.925. The first-order valence-electron chi connectivity index (χ1n) is 7.63. The van der Waals surface area contributed by atoms with Crippen molar-refractivity contribution in [1.29, 1.82) is 0 Å². The molecule has 4 heteroatoms. The van der Waals surface area contributed by atoms with Crippen LogP contribution in [0.2, 0.25) is 5.02 Å². The van der Waals surface area contributed by atoms with Gasteiger partial charge in [0, 0.05) is 49.8 Å². The van der Waals surface area contributed by atoms with Crippen LogP contribution in [-0.2, 0) is 0 Å². The first-order chi connectivity index (χ1) is 9.69. The van der Waals surface area contributed by atoms with E-state index in [0.717, 1.165) is 24.2 Å². The van der Waals surface area contributed by atoms with Gasteiger partial charge in [-0.3, -0.25) is 9.80 Å². The molecule has 1 atom stereocenters. The second-order valence-corrected chi connectivity index (χ2v) is 6.49. The van der Waals surface area contributed by atoms with Crippen LogP contribution in [0.4, 0.5) is 0 Å². The van der Waals surface area contributed by atoms with Crippen molar-refractivity contribution in [3.63, 3.8) is 0 Å². The van der Waals surface area contributed by atoms with Crippen molar-refractivity contribution in [1.82, 2.24) is 9.80 Å².